The minimum atomic E-state index is -0.207. The predicted octanol–water partition coefficient (Wildman–Crippen LogP) is 3.70. The highest BCUT2D eigenvalue weighted by molar-refractivity contribution is 9.10. The molecule has 2 fully saturated rings. The topological polar surface area (TPSA) is 41.1 Å². The highest BCUT2D eigenvalue weighted by atomic mass is 79.9. The van der Waals surface area contributed by atoms with Crippen LogP contribution >= 0.6 is 28.3 Å². The Labute approximate surface area is 153 Å². The Balaban J connectivity index is 0.00000192. The molecule has 1 unspecified atom stereocenters. The smallest absolute Gasteiger partial charge is 0.224 e. The Morgan fingerprint density at radius 1 is 1.30 bits per heavy atom. The molecule has 1 saturated heterocycles. The summed E-state index contributed by atoms with van der Waals surface area (Å²) >= 11 is 3.46. The van der Waals surface area contributed by atoms with Gasteiger partial charge >= 0.3 is 0 Å². The van der Waals surface area contributed by atoms with Crippen molar-refractivity contribution in [3.05, 3.63) is 34.3 Å². The van der Waals surface area contributed by atoms with Crippen molar-refractivity contribution in [2.45, 2.75) is 45.1 Å². The average molecular weight is 402 g/mol. The molecular weight excluding hydrogens is 376 g/mol. The number of hydrogen-bond donors (Lipinski definition) is 2. The summed E-state index contributed by atoms with van der Waals surface area (Å²) in [5.74, 6) is 0.489. The van der Waals surface area contributed by atoms with E-state index in [0.29, 0.717) is 5.41 Å². The molecule has 3 rings (SSSR count). The van der Waals surface area contributed by atoms with Gasteiger partial charge in [0.15, 0.2) is 0 Å². The van der Waals surface area contributed by atoms with Crippen LogP contribution in [0.3, 0.4) is 0 Å². The standard InChI is InChI=1S/C18H25BrN2O.ClH/c1-17(2,11-13-3-5-14(19)6-4-13)21-16(22)15-12-18(15)7-9-20-10-8-18;/h3-6,15,20H,7-12H2,1-2H3,(H,21,22);1H. The molecule has 3 nitrogen and oxygen atoms in total. The Bertz CT molecular complexity index is 553. The third-order valence-corrected chi connectivity index (χ3v) is 5.66. The van der Waals surface area contributed by atoms with Crippen LogP contribution in [0.4, 0.5) is 0 Å². The van der Waals surface area contributed by atoms with Gasteiger partial charge in [-0.3, -0.25) is 4.79 Å². The number of halogens is 2. The van der Waals surface area contributed by atoms with E-state index in [4.69, 9.17) is 0 Å². The Morgan fingerprint density at radius 3 is 2.52 bits per heavy atom. The number of piperidine rings is 1. The normalized spacial score (nSPS) is 22.3. The molecule has 0 aromatic heterocycles. The molecular formula is C18H26BrClN2O. The first-order valence-corrected chi connectivity index (χ1v) is 8.97. The van der Waals surface area contributed by atoms with Gasteiger partial charge in [-0.15, -0.1) is 12.4 Å². The van der Waals surface area contributed by atoms with Crippen molar-refractivity contribution in [2.24, 2.45) is 11.3 Å². The van der Waals surface area contributed by atoms with E-state index >= 15 is 0 Å². The Kier molecular flexibility index (Phi) is 5.81. The van der Waals surface area contributed by atoms with Gasteiger partial charge in [0, 0.05) is 15.9 Å². The van der Waals surface area contributed by atoms with Crippen molar-refractivity contribution in [3.8, 4) is 0 Å². The maximum Gasteiger partial charge on any atom is 0.224 e. The van der Waals surface area contributed by atoms with Gasteiger partial charge in [-0.25, -0.2) is 0 Å². The molecule has 1 atom stereocenters. The second-order valence-corrected chi connectivity index (χ2v) is 8.46. The van der Waals surface area contributed by atoms with Gasteiger partial charge in [0.2, 0.25) is 5.91 Å². The van der Waals surface area contributed by atoms with E-state index in [0.717, 1.165) is 43.2 Å². The van der Waals surface area contributed by atoms with Gasteiger partial charge in [0.05, 0.1) is 0 Å². The lowest BCUT2D eigenvalue weighted by Crippen LogP contribution is -2.46. The molecule has 1 aliphatic heterocycles. The van der Waals surface area contributed by atoms with Crippen LogP contribution in [0, 0.1) is 11.3 Å². The predicted molar refractivity (Wildman–Crippen MR) is 100.0 cm³/mol. The fourth-order valence-electron chi connectivity index (χ4n) is 3.77. The van der Waals surface area contributed by atoms with E-state index in [1.54, 1.807) is 0 Å². The Hall–Kier alpha value is -0.580. The largest absolute Gasteiger partial charge is 0.351 e. The van der Waals surface area contributed by atoms with Crippen LogP contribution in [0.5, 0.6) is 0 Å². The van der Waals surface area contributed by atoms with Gasteiger partial charge < -0.3 is 10.6 Å². The van der Waals surface area contributed by atoms with Crippen LogP contribution in [0.2, 0.25) is 0 Å². The summed E-state index contributed by atoms with van der Waals surface area (Å²) in [6.07, 6.45) is 4.23. The summed E-state index contributed by atoms with van der Waals surface area (Å²) in [6, 6.07) is 8.34. The summed E-state index contributed by atoms with van der Waals surface area (Å²) in [5.41, 5.74) is 1.35. The quantitative estimate of drug-likeness (QED) is 0.807. The average Bonchev–Trinajstić information content (AvgIpc) is 3.15. The fraction of sp³-hybridized carbons (Fsp3) is 0.611. The number of benzene rings is 1. The lowest BCUT2D eigenvalue weighted by molar-refractivity contribution is -0.124. The number of carbonyl (C=O) groups excluding carboxylic acids is 1. The third-order valence-electron chi connectivity index (χ3n) is 5.13. The lowest BCUT2D eigenvalue weighted by atomic mass is 9.90. The summed E-state index contributed by atoms with van der Waals surface area (Å²) < 4.78 is 1.09. The van der Waals surface area contributed by atoms with Crippen molar-refractivity contribution in [1.29, 1.82) is 0 Å². The van der Waals surface area contributed by atoms with E-state index in [2.05, 4.69) is 64.7 Å². The van der Waals surface area contributed by atoms with Crippen LogP contribution < -0.4 is 10.6 Å². The van der Waals surface area contributed by atoms with Gasteiger partial charge in [-0.2, -0.15) is 0 Å². The van der Waals surface area contributed by atoms with Crippen molar-refractivity contribution < 1.29 is 4.79 Å². The first kappa shape index (κ1) is 18.8. The molecule has 5 heteroatoms. The number of nitrogens with one attached hydrogen (secondary N) is 2. The van der Waals surface area contributed by atoms with E-state index in [-0.39, 0.29) is 29.8 Å². The molecule has 1 aromatic carbocycles. The monoisotopic (exact) mass is 400 g/mol. The van der Waals surface area contributed by atoms with Crippen molar-refractivity contribution in [2.75, 3.05) is 13.1 Å². The second kappa shape index (κ2) is 7.12. The first-order valence-electron chi connectivity index (χ1n) is 8.17. The SMILES string of the molecule is CC(C)(Cc1ccc(Br)cc1)NC(=O)C1CC12CCNCC2.Cl. The molecule has 2 N–H and O–H groups in total. The van der Waals surface area contributed by atoms with Crippen LogP contribution in [-0.4, -0.2) is 24.5 Å². The van der Waals surface area contributed by atoms with Gasteiger partial charge in [-0.05, 0) is 75.7 Å². The van der Waals surface area contributed by atoms with Gasteiger partial charge in [-0.1, -0.05) is 28.1 Å². The van der Waals surface area contributed by atoms with Crippen LogP contribution in [0.15, 0.2) is 28.7 Å². The van der Waals surface area contributed by atoms with Gasteiger partial charge in [0.25, 0.3) is 0 Å². The molecule has 1 saturated carbocycles. The molecule has 128 valence electrons. The third kappa shape index (κ3) is 4.49. The molecule has 0 bridgehead atoms. The summed E-state index contributed by atoms with van der Waals surface area (Å²) in [5, 5.41) is 6.67. The molecule has 1 spiro atoms. The fourth-order valence-corrected chi connectivity index (χ4v) is 4.04. The molecule has 1 heterocycles. The second-order valence-electron chi connectivity index (χ2n) is 7.55. The maximum absolute atomic E-state index is 12.6. The van der Waals surface area contributed by atoms with E-state index in [1.807, 2.05) is 0 Å². The summed E-state index contributed by atoms with van der Waals surface area (Å²) in [4.78, 5) is 12.6. The number of carbonyl (C=O) groups is 1. The minimum absolute atomic E-state index is 0. The first-order chi connectivity index (χ1) is 10.4. The Morgan fingerprint density at radius 2 is 1.91 bits per heavy atom. The zero-order valence-corrected chi connectivity index (χ0v) is 16.2. The zero-order valence-electron chi connectivity index (χ0n) is 13.8. The lowest BCUT2D eigenvalue weighted by Gasteiger charge is -2.28. The molecule has 0 radical (unpaired) electrons. The maximum atomic E-state index is 12.6. The van der Waals surface area contributed by atoms with Crippen LogP contribution in [0.25, 0.3) is 0 Å². The molecule has 23 heavy (non-hydrogen) atoms. The highest BCUT2D eigenvalue weighted by Gasteiger charge is 2.57. The van der Waals surface area contributed by atoms with Crippen molar-refractivity contribution in [1.82, 2.24) is 10.6 Å². The van der Waals surface area contributed by atoms with Crippen LogP contribution in [0.1, 0.15) is 38.7 Å². The van der Waals surface area contributed by atoms with Crippen molar-refractivity contribution in [3.63, 3.8) is 0 Å². The number of rotatable bonds is 4. The highest BCUT2D eigenvalue weighted by Crippen LogP contribution is 2.58. The van der Waals surface area contributed by atoms with Crippen LogP contribution in [-0.2, 0) is 11.2 Å². The minimum Gasteiger partial charge on any atom is -0.351 e. The van der Waals surface area contributed by atoms with E-state index in [9.17, 15) is 4.79 Å². The number of amides is 1. The zero-order chi connectivity index (χ0) is 15.8. The van der Waals surface area contributed by atoms with E-state index in [1.165, 1.54) is 5.56 Å². The van der Waals surface area contributed by atoms with Gasteiger partial charge in [0.1, 0.15) is 0 Å². The molecule has 2 aliphatic rings. The molecule has 1 amide bonds. The molecule has 1 aromatic rings. The van der Waals surface area contributed by atoms with E-state index < -0.39 is 0 Å². The summed E-state index contributed by atoms with van der Waals surface area (Å²) in [7, 11) is 0. The molecule has 1 aliphatic carbocycles. The summed E-state index contributed by atoms with van der Waals surface area (Å²) in [6.45, 7) is 6.35. The number of hydrogen-bond acceptors (Lipinski definition) is 2. The van der Waals surface area contributed by atoms with Crippen molar-refractivity contribution >= 4 is 34.2 Å².